The Balaban J connectivity index is 1.91. The summed E-state index contributed by atoms with van der Waals surface area (Å²) in [5.41, 5.74) is 3.24. The number of thiophene rings is 1. The maximum atomic E-state index is 13.6. The van der Waals surface area contributed by atoms with Crippen molar-refractivity contribution in [1.82, 2.24) is 14.5 Å². The Kier molecular flexibility index (Phi) is 5.02. The van der Waals surface area contributed by atoms with Crippen LogP contribution >= 0.6 is 11.3 Å². The van der Waals surface area contributed by atoms with Crippen molar-refractivity contribution in [2.24, 2.45) is 0 Å². The van der Waals surface area contributed by atoms with E-state index in [0.29, 0.717) is 0 Å². The lowest BCUT2D eigenvalue weighted by Gasteiger charge is -2.31. The molecule has 5 nitrogen and oxygen atoms in total. The van der Waals surface area contributed by atoms with Gasteiger partial charge in [-0.1, -0.05) is 6.07 Å². The fourth-order valence-corrected chi connectivity index (χ4v) is 5.42. The zero-order chi connectivity index (χ0) is 20.0. The Hall–Kier alpha value is -2.18. The summed E-state index contributed by atoms with van der Waals surface area (Å²) in [5, 5.41) is 0.761. The van der Waals surface area contributed by atoms with E-state index >= 15 is 0 Å². The predicted molar refractivity (Wildman–Crippen MR) is 116 cm³/mol. The van der Waals surface area contributed by atoms with Crippen LogP contribution in [0.1, 0.15) is 35.1 Å². The second-order valence-electron chi connectivity index (χ2n) is 7.77. The van der Waals surface area contributed by atoms with Crippen LogP contribution in [-0.4, -0.2) is 41.7 Å². The molecule has 0 N–H and O–H groups in total. The van der Waals surface area contributed by atoms with E-state index in [1.165, 1.54) is 0 Å². The monoisotopic (exact) mass is 397 g/mol. The highest BCUT2D eigenvalue weighted by Gasteiger charge is 2.25. The van der Waals surface area contributed by atoms with Gasteiger partial charge in [0.1, 0.15) is 16.4 Å². The number of hydrogen-bond donors (Lipinski definition) is 0. The Morgan fingerprint density at radius 3 is 2.54 bits per heavy atom. The molecular weight excluding hydrogens is 370 g/mol. The van der Waals surface area contributed by atoms with Crippen LogP contribution in [0.15, 0.2) is 23.0 Å². The molecule has 1 aliphatic rings. The highest BCUT2D eigenvalue weighted by atomic mass is 32.1. The topological polar surface area (TPSA) is 47.4 Å². The molecule has 6 heteroatoms. The third-order valence-electron chi connectivity index (χ3n) is 5.85. The maximum Gasteiger partial charge on any atom is 0.263 e. The zero-order valence-electron chi connectivity index (χ0n) is 17.2. The number of piperidine rings is 1. The first kappa shape index (κ1) is 19.2. The summed E-state index contributed by atoms with van der Waals surface area (Å²) in [6, 6.07) is 6.35. The number of rotatable bonds is 3. The molecule has 0 saturated carbocycles. The van der Waals surface area contributed by atoms with Gasteiger partial charge in [0.15, 0.2) is 0 Å². The number of likely N-dealkylation sites (tertiary alicyclic amines) is 1. The quantitative estimate of drug-likeness (QED) is 0.660. The van der Waals surface area contributed by atoms with Crippen molar-refractivity contribution >= 4 is 21.6 Å². The fraction of sp³-hybridized carbons (Fsp3) is 0.455. The molecule has 0 spiro atoms. The molecule has 1 aliphatic heterocycles. The number of benzene rings is 1. The number of fused-ring (bicyclic) bond motifs is 1. The standard InChI is InChI=1S/C22H27N3O2S/c1-13-12-16(6-7-18(13)27-5)19-14(2)28-21-20(19)22(26)25(15(3)23-21)17-8-10-24(4)11-9-17/h6-7,12,17H,8-11H2,1-5H3. The number of hydrogen-bond acceptors (Lipinski definition) is 5. The summed E-state index contributed by atoms with van der Waals surface area (Å²) in [7, 11) is 3.82. The van der Waals surface area contributed by atoms with Gasteiger partial charge < -0.3 is 9.64 Å². The second kappa shape index (κ2) is 7.33. The zero-order valence-corrected chi connectivity index (χ0v) is 18.0. The largest absolute Gasteiger partial charge is 0.496 e. The average molecular weight is 398 g/mol. The van der Waals surface area contributed by atoms with E-state index in [2.05, 4.69) is 24.9 Å². The van der Waals surface area contributed by atoms with E-state index in [0.717, 1.165) is 69.3 Å². The van der Waals surface area contributed by atoms with Crippen molar-refractivity contribution in [3.8, 4) is 16.9 Å². The summed E-state index contributed by atoms with van der Waals surface area (Å²) in [4.78, 5) is 22.8. The smallest absolute Gasteiger partial charge is 0.263 e. The van der Waals surface area contributed by atoms with Crippen LogP contribution in [0, 0.1) is 20.8 Å². The minimum atomic E-state index is 0.102. The van der Waals surface area contributed by atoms with Crippen molar-refractivity contribution in [3.05, 3.63) is 44.8 Å². The van der Waals surface area contributed by atoms with Gasteiger partial charge in [0.2, 0.25) is 0 Å². The van der Waals surface area contributed by atoms with Gasteiger partial charge in [-0.3, -0.25) is 9.36 Å². The Morgan fingerprint density at radius 1 is 1.18 bits per heavy atom. The normalized spacial score (nSPS) is 16.0. The van der Waals surface area contributed by atoms with Crippen LogP contribution in [0.25, 0.3) is 21.3 Å². The van der Waals surface area contributed by atoms with Gasteiger partial charge in [-0.25, -0.2) is 4.98 Å². The minimum absolute atomic E-state index is 0.102. The van der Waals surface area contributed by atoms with Crippen LogP contribution in [0.4, 0.5) is 0 Å². The molecule has 28 heavy (non-hydrogen) atoms. The van der Waals surface area contributed by atoms with Crippen molar-refractivity contribution < 1.29 is 4.74 Å². The molecule has 3 heterocycles. The molecule has 0 aliphatic carbocycles. The Morgan fingerprint density at radius 2 is 1.89 bits per heavy atom. The highest BCUT2D eigenvalue weighted by Crippen LogP contribution is 2.38. The lowest BCUT2D eigenvalue weighted by molar-refractivity contribution is 0.216. The van der Waals surface area contributed by atoms with Crippen molar-refractivity contribution in [3.63, 3.8) is 0 Å². The molecule has 0 bridgehead atoms. The van der Waals surface area contributed by atoms with Crippen LogP contribution in [0.2, 0.25) is 0 Å². The van der Waals surface area contributed by atoms with Gasteiger partial charge in [0, 0.05) is 16.5 Å². The minimum Gasteiger partial charge on any atom is -0.496 e. The molecule has 1 fully saturated rings. The lowest BCUT2D eigenvalue weighted by Crippen LogP contribution is -2.36. The van der Waals surface area contributed by atoms with Gasteiger partial charge in [0.25, 0.3) is 5.56 Å². The maximum absolute atomic E-state index is 13.6. The summed E-state index contributed by atoms with van der Waals surface area (Å²) in [5.74, 6) is 1.68. The summed E-state index contributed by atoms with van der Waals surface area (Å²) in [6.07, 6.45) is 1.98. The number of aromatic nitrogens is 2. The first-order chi connectivity index (χ1) is 13.4. The van der Waals surface area contributed by atoms with Crippen LogP contribution in [0.5, 0.6) is 5.75 Å². The van der Waals surface area contributed by atoms with Gasteiger partial charge in [-0.15, -0.1) is 11.3 Å². The molecule has 3 aromatic rings. The van der Waals surface area contributed by atoms with Crippen molar-refractivity contribution in [1.29, 1.82) is 0 Å². The van der Waals surface area contributed by atoms with Crippen LogP contribution in [-0.2, 0) is 0 Å². The number of ether oxygens (including phenoxy) is 1. The van der Waals surface area contributed by atoms with Gasteiger partial charge >= 0.3 is 0 Å². The molecule has 148 valence electrons. The first-order valence-electron chi connectivity index (χ1n) is 9.76. The van der Waals surface area contributed by atoms with Gasteiger partial charge in [-0.05, 0) is 77.0 Å². The number of methoxy groups -OCH3 is 1. The summed E-state index contributed by atoms with van der Waals surface area (Å²) in [6.45, 7) is 8.11. The first-order valence-corrected chi connectivity index (χ1v) is 10.6. The molecule has 4 rings (SSSR count). The van der Waals surface area contributed by atoms with E-state index in [4.69, 9.17) is 9.72 Å². The molecule has 1 aromatic carbocycles. The highest BCUT2D eigenvalue weighted by molar-refractivity contribution is 7.19. The Labute approximate surface area is 169 Å². The van der Waals surface area contributed by atoms with E-state index in [1.54, 1.807) is 18.4 Å². The van der Waals surface area contributed by atoms with Gasteiger partial charge in [0.05, 0.1) is 12.5 Å². The Bertz CT molecular complexity index is 1090. The molecular formula is C22H27N3O2S. The number of aryl methyl sites for hydroxylation is 3. The van der Waals surface area contributed by atoms with E-state index in [1.807, 2.05) is 30.5 Å². The molecule has 1 saturated heterocycles. The van der Waals surface area contributed by atoms with Gasteiger partial charge in [-0.2, -0.15) is 0 Å². The predicted octanol–water partition coefficient (Wildman–Crippen LogP) is 4.33. The third kappa shape index (κ3) is 3.14. The van der Waals surface area contributed by atoms with Crippen LogP contribution in [0.3, 0.4) is 0 Å². The van der Waals surface area contributed by atoms with Crippen LogP contribution < -0.4 is 10.3 Å². The molecule has 0 unspecified atom stereocenters. The fourth-order valence-electron chi connectivity index (χ4n) is 4.34. The average Bonchev–Trinajstić information content (AvgIpc) is 2.99. The molecule has 0 radical (unpaired) electrons. The van der Waals surface area contributed by atoms with E-state index in [9.17, 15) is 4.79 Å². The lowest BCUT2D eigenvalue weighted by atomic mass is 10.0. The van der Waals surface area contributed by atoms with E-state index in [-0.39, 0.29) is 11.6 Å². The molecule has 2 aromatic heterocycles. The second-order valence-corrected chi connectivity index (χ2v) is 8.97. The third-order valence-corrected chi connectivity index (χ3v) is 6.85. The summed E-state index contributed by atoms with van der Waals surface area (Å²) < 4.78 is 7.35. The molecule has 0 atom stereocenters. The van der Waals surface area contributed by atoms with Crippen molar-refractivity contribution in [2.75, 3.05) is 27.2 Å². The SMILES string of the molecule is COc1ccc(-c2c(C)sc3nc(C)n(C4CCN(C)CC4)c(=O)c23)cc1C. The number of nitrogens with zero attached hydrogens (tertiary/aromatic N) is 3. The molecule has 0 amide bonds. The van der Waals surface area contributed by atoms with E-state index < -0.39 is 0 Å². The van der Waals surface area contributed by atoms with Crippen molar-refractivity contribution in [2.45, 2.75) is 39.7 Å². The summed E-state index contributed by atoms with van der Waals surface area (Å²) >= 11 is 1.61.